The van der Waals surface area contributed by atoms with Crippen molar-refractivity contribution in [3.63, 3.8) is 0 Å². The molecule has 0 amide bonds. The summed E-state index contributed by atoms with van der Waals surface area (Å²) in [7, 11) is 0. The van der Waals surface area contributed by atoms with Gasteiger partial charge in [-0.3, -0.25) is 0 Å². The van der Waals surface area contributed by atoms with Crippen LogP contribution < -0.4 is 10.5 Å². The molecule has 0 aliphatic carbocycles. The van der Waals surface area contributed by atoms with Crippen LogP contribution in [-0.2, 0) is 0 Å². The molecule has 0 saturated heterocycles. The molecule has 0 fully saturated rings. The molecule has 0 aromatic heterocycles. The molecule has 90 valence electrons. The Morgan fingerprint density at radius 3 is 2.17 bits per heavy atom. The standard InChI is InChI=1S/C16H15NO/c1-2-13(12-17)14-8-10-16(11-9-14)18-15-6-4-3-5-7-15/h1,3-11,13H,12,17H2. The number of ether oxygens (including phenoxy) is 1. The van der Waals surface area contributed by atoms with Crippen LogP contribution in [0.1, 0.15) is 11.5 Å². The number of hydrogen-bond acceptors (Lipinski definition) is 2. The highest BCUT2D eigenvalue weighted by atomic mass is 16.5. The molecule has 2 aromatic rings. The van der Waals surface area contributed by atoms with E-state index in [2.05, 4.69) is 5.92 Å². The summed E-state index contributed by atoms with van der Waals surface area (Å²) in [5.41, 5.74) is 6.65. The zero-order chi connectivity index (χ0) is 12.8. The second kappa shape index (κ2) is 5.90. The van der Waals surface area contributed by atoms with Crippen LogP contribution in [0, 0.1) is 12.3 Å². The molecule has 18 heavy (non-hydrogen) atoms. The van der Waals surface area contributed by atoms with Gasteiger partial charge in [-0.25, -0.2) is 0 Å². The third-order valence-electron chi connectivity index (χ3n) is 2.70. The fourth-order valence-electron chi connectivity index (χ4n) is 1.69. The average Bonchev–Trinajstić information content (AvgIpc) is 2.43. The summed E-state index contributed by atoms with van der Waals surface area (Å²) < 4.78 is 5.70. The molecule has 0 aliphatic rings. The SMILES string of the molecule is C#CC(CN)c1ccc(Oc2ccccc2)cc1. The van der Waals surface area contributed by atoms with E-state index in [9.17, 15) is 0 Å². The van der Waals surface area contributed by atoms with Gasteiger partial charge in [0.2, 0.25) is 0 Å². The van der Waals surface area contributed by atoms with E-state index in [1.54, 1.807) is 0 Å². The fourth-order valence-corrected chi connectivity index (χ4v) is 1.69. The molecular weight excluding hydrogens is 222 g/mol. The minimum absolute atomic E-state index is 0.0317. The van der Waals surface area contributed by atoms with Crippen LogP contribution in [0.5, 0.6) is 11.5 Å². The first-order valence-corrected chi connectivity index (χ1v) is 5.82. The zero-order valence-corrected chi connectivity index (χ0v) is 10.0. The van der Waals surface area contributed by atoms with Gasteiger partial charge in [-0.15, -0.1) is 6.42 Å². The Morgan fingerprint density at radius 2 is 1.61 bits per heavy atom. The molecule has 1 atom stereocenters. The van der Waals surface area contributed by atoms with E-state index >= 15 is 0 Å². The molecule has 2 aromatic carbocycles. The maximum absolute atomic E-state index is 5.70. The van der Waals surface area contributed by atoms with Crippen molar-refractivity contribution in [3.8, 4) is 23.8 Å². The smallest absolute Gasteiger partial charge is 0.127 e. The van der Waals surface area contributed by atoms with Gasteiger partial charge in [-0.2, -0.15) is 0 Å². The van der Waals surface area contributed by atoms with Gasteiger partial charge in [-0.05, 0) is 29.8 Å². The summed E-state index contributed by atoms with van der Waals surface area (Å²) in [6, 6.07) is 17.4. The normalized spacial score (nSPS) is 11.6. The Morgan fingerprint density at radius 1 is 1.00 bits per heavy atom. The summed E-state index contributed by atoms with van der Waals surface area (Å²) in [6.45, 7) is 0.454. The third kappa shape index (κ3) is 2.91. The van der Waals surface area contributed by atoms with E-state index in [0.717, 1.165) is 17.1 Å². The van der Waals surface area contributed by atoms with E-state index < -0.39 is 0 Å². The molecule has 0 saturated carbocycles. The lowest BCUT2D eigenvalue weighted by Gasteiger charge is -2.10. The second-order valence-electron chi connectivity index (χ2n) is 3.94. The third-order valence-corrected chi connectivity index (χ3v) is 2.70. The van der Waals surface area contributed by atoms with Crippen molar-refractivity contribution in [2.75, 3.05) is 6.54 Å². The van der Waals surface area contributed by atoms with Gasteiger partial charge >= 0.3 is 0 Å². The molecule has 0 aliphatic heterocycles. The van der Waals surface area contributed by atoms with Crippen molar-refractivity contribution in [2.24, 2.45) is 5.73 Å². The molecule has 2 heteroatoms. The predicted octanol–water partition coefficient (Wildman–Crippen LogP) is 3.15. The highest BCUT2D eigenvalue weighted by Gasteiger charge is 2.05. The summed E-state index contributed by atoms with van der Waals surface area (Å²) in [4.78, 5) is 0. The lowest BCUT2D eigenvalue weighted by atomic mass is 10.0. The van der Waals surface area contributed by atoms with Crippen LogP contribution in [0.4, 0.5) is 0 Å². The molecule has 1 unspecified atom stereocenters. The number of para-hydroxylation sites is 1. The van der Waals surface area contributed by atoms with Crippen LogP contribution in [0.2, 0.25) is 0 Å². The van der Waals surface area contributed by atoms with Gasteiger partial charge in [0.15, 0.2) is 0 Å². The number of nitrogens with two attached hydrogens (primary N) is 1. The molecule has 2 N–H and O–H groups in total. The van der Waals surface area contributed by atoms with E-state index in [1.807, 2.05) is 54.6 Å². The Bertz CT molecular complexity index is 525. The summed E-state index contributed by atoms with van der Waals surface area (Å²) >= 11 is 0. The van der Waals surface area contributed by atoms with Gasteiger partial charge in [0.25, 0.3) is 0 Å². The predicted molar refractivity (Wildman–Crippen MR) is 73.6 cm³/mol. The van der Waals surface area contributed by atoms with E-state index in [4.69, 9.17) is 16.9 Å². The highest BCUT2D eigenvalue weighted by molar-refractivity contribution is 5.36. The summed E-state index contributed by atoms with van der Waals surface area (Å²) in [5.74, 6) is 4.25. The molecule has 2 rings (SSSR count). The van der Waals surface area contributed by atoms with E-state index in [-0.39, 0.29) is 5.92 Å². The minimum atomic E-state index is -0.0317. The van der Waals surface area contributed by atoms with Crippen molar-refractivity contribution < 1.29 is 4.74 Å². The Balaban J connectivity index is 2.11. The van der Waals surface area contributed by atoms with Crippen molar-refractivity contribution in [1.29, 1.82) is 0 Å². The lowest BCUT2D eigenvalue weighted by molar-refractivity contribution is 0.482. The van der Waals surface area contributed by atoms with Crippen molar-refractivity contribution in [2.45, 2.75) is 5.92 Å². The van der Waals surface area contributed by atoms with Crippen molar-refractivity contribution in [3.05, 3.63) is 60.2 Å². The van der Waals surface area contributed by atoms with Crippen LogP contribution in [-0.4, -0.2) is 6.54 Å². The van der Waals surface area contributed by atoms with Gasteiger partial charge in [0, 0.05) is 6.54 Å². The second-order valence-corrected chi connectivity index (χ2v) is 3.94. The first-order valence-electron chi connectivity index (χ1n) is 5.82. The highest BCUT2D eigenvalue weighted by Crippen LogP contribution is 2.23. The van der Waals surface area contributed by atoms with Gasteiger partial charge in [0.05, 0.1) is 5.92 Å². The number of terminal acetylenes is 1. The summed E-state index contributed by atoms with van der Waals surface area (Å²) in [5, 5.41) is 0. The Kier molecular flexibility index (Phi) is 4.01. The van der Waals surface area contributed by atoms with Gasteiger partial charge in [-0.1, -0.05) is 36.3 Å². The molecule has 0 spiro atoms. The maximum Gasteiger partial charge on any atom is 0.127 e. The molecule has 0 heterocycles. The Labute approximate surface area is 107 Å². The van der Waals surface area contributed by atoms with Crippen LogP contribution in [0.25, 0.3) is 0 Å². The average molecular weight is 237 g/mol. The number of benzene rings is 2. The van der Waals surface area contributed by atoms with Crippen molar-refractivity contribution >= 4 is 0 Å². The van der Waals surface area contributed by atoms with Crippen LogP contribution in [0.3, 0.4) is 0 Å². The van der Waals surface area contributed by atoms with Gasteiger partial charge in [0.1, 0.15) is 11.5 Å². The lowest BCUT2D eigenvalue weighted by Crippen LogP contribution is -2.10. The molecule has 0 radical (unpaired) electrons. The van der Waals surface area contributed by atoms with E-state index in [0.29, 0.717) is 6.54 Å². The fraction of sp³-hybridized carbons (Fsp3) is 0.125. The Hall–Kier alpha value is -2.24. The molecule has 2 nitrogen and oxygen atoms in total. The largest absolute Gasteiger partial charge is 0.457 e. The quantitative estimate of drug-likeness (QED) is 0.829. The van der Waals surface area contributed by atoms with Crippen molar-refractivity contribution in [1.82, 2.24) is 0 Å². The minimum Gasteiger partial charge on any atom is -0.457 e. The molecule has 0 bridgehead atoms. The maximum atomic E-state index is 5.70. The summed E-state index contributed by atoms with van der Waals surface area (Å²) in [6.07, 6.45) is 5.42. The number of rotatable bonds is 4. The topological polar surface area (TPSA) is 35.2 Å². The zero-order valence-electron chi connectivity index (χ0n) is 10.0. The molecular formula is C16H15NO. The van der Waals surface area contributed by atoms with E-state index in [1.165, 1.54) is 0 Å². The van der Waals surface area contributed by atoms with Crippen LogP contribution >= 0.6 is 0 Å². The van der Waals surface area contributed by atoms with Gasteiger partial charge < -0.3 is 10.5 Å². The monoisotopic (exact) mass is 237 g/mol. The number of hydrogen-bond donors (Lipinski definition) is 1. The van der Waals surface area contributed by atoms with Crippen LogP contribution in [0.15, 0.2) is 54.6 Å². The first-order chi connectivity index (χ1) is 8.83. The first kappa shape index (κ1) is 12.2.